The van der Waals surface area contributed by atoms with Crippen LogP contribution in [0.4, 0.5) is 26.3 Å². The molecule has 0 spiro atoms. The van der Waals surface area contributed by atoms with Gasteiger partial charge < -0.3 is 9.36 Å². The first-order valence-electron chi connectivity index (χ1n) is 10.5. The first-order chi connectivity index (χ1) is 16.3. The van der Waals surface area contributed by atoms with E-state index in [1.54, 1.807) is 38.1 Å². The fourth-order valence-corrected chi connectivity index (χ4v) is 3.91. The standard InChI is InChI=1S/C23H16F6N6.Pt/c1-21(2)15-5-3-7-17(30-15)34-11-13(19(32-34)22(24,25)26)9-10-14-12-35(33-20(14)23(27,28)29)18-8-4-6-16(21)31-18;/h3-8H,9-10H2,1-2H3;/q-2;+2. The van der Waals surface area contributed by atoms with E-state index in [1.807, 2.05) is 0 Å². The van der Waals surface area contributed by atoms with E-state index < -0.39 is 42.0 Å². The Hall–Kier alpha value is -3.01. The fraction of sp³-hybridized carbons (Fsp3) is 0.304. The van der Waals surface area contributed by atoms with Crippen molar-refractivity contribution in [3.63, 3.8) is 0 Å². The van der Waals surface area contributed by atoms with Crippen LogP contribution in [0.5, 0.6) is 0 Å². The fourth-order valence-electron chi connectivity index (χ4n) is 3.91. The minimum absolute atomic E-state index is 0. The van der Waals surface area contributed by atoms with E-state index in [0.29, 0.717) is 11.4 Å². The van der Waals surface area contributed by atoms with Gasteiger partial charge in [-0.2, -0.15) is 26.3 Å². The molecule has 0 aromatic carbocycles. The first-order valence-corrected chi connectivity index (χ1v) is 10.5. The molecule has 0 fully saturated rings. The molecule has 190 valence electrons. The molecule has 0 saturated carbocycles. The number of halogens is 6. The van der Waals surface area contributed by atoms with Crippen LogP contribution >= 0.6 is 0 Å². The van der Waals surface area contributed by atoms with Crippen LogP contribution in [-0.2, 0) is 51.7 Å². The number of hydrogen-bond acceptors (Lipinski definition) is 4. The Bertz CT molecular complexity index is 1310. The van der Waals surface area contributed by atoms with Gasteiger partial charge in [-0.15, -0.1) is 11.1 Å². The summed E-state index contributed by atoms with van der Waals surface area (Å²) in [7, 11) is 0. The van der Waals surface area contributed by atoms with Crippen LogP contribution in [0.3, 0.4) is 0 Å². The van der Waals surface area contributed by atoms with Crippen LogP contribution in [0, 0.1) is 12.4 Å². The Morgan fingerprint density at radius 3 is 1.47 bits per heavy atom. The molecule has 13 heteroatoms. The minimum atomic E-state index is -4.83. The Balaban J connectivity index is 0.00000304. The monoisotopic (exact) mass is 685 g/mol. The van der Waals surface area contributed by atoms with Gasteiger partial charge in [0.2, 0.25) is 0 Å². The summed E-state index contributed by atoms with van der Waals surface area (Å²) >= 11 is 0. The van der Waals surface area contributed by atoms with Crippen molar-refractivity contribution in [3.8, 4) is 11.6 Å². The zero-order chi connectivity index (χ0) is 25.2. The number of alkyl halides is 6. The Kier molecular flexibility index (Phi) is 6.39. The average Bonchev–Trinajstić information content (AvgIpc) is 3.42. The summed E-state index contributed by atoms with van der Waals surface area (Å²) in [5.41, 5.74) is -3.16. The molecule has 0 aliphatic carbocycles. The van der Waals surface area contributed by atoms with Crippen LogP contribution in [-0.4, -0.2) is 29.5 Å². The van der Waals surface area contributed by atoms with Gasteiger partial charge in [-0.05, 0) is 38.8 Å². The van der Waals surface area contributed by atoms with Gasteiger partial charge in [0.1, 0.15) is 0 Å². The number of fused-ring (bicyclic) bond motifs is 10. The van der Waals surface area contributed by atoms with Crippen molar-refractivity contribution in [2.24, 2.45) is 0 Å². The summed E-state index contributed by atoms with van der Waals surface area (Å²) in [4.78, 5) is 9.00. The summed E-state index contributed by atoms with van der Waals surface area (Å²) in [6, 6.07) is 9.59. The molecular weight excluding hydrogens is 669 g/mol. The molecular formula is C23H16F6N6Pt. The minimum Gasteiger partial charge on any atom is -0.343 e. The average molecular weight is 685 g/mol. The summed E-state index contributed by atoms with van der Waals surface area (Å²) in [5, 5.41) is 7.27. The Labute approximate surface area is 215 Å². The van der Waals surface area contributed by atoms with Crippen molar-refractivity contribution in [2.75, 3.05) is 0 Å². The topological polar surface area (TPSA) is 61.4 Å². The Morgan fingerprint density at radius 2 is 1.11 bits per heavy atom. The predicted octanol–water partition coefficient (Wildman–Crippen LogP) is 4.91. The Morgan fingerprint density at radius 1 is 0.722 bits per heavy atom. The number of aromatic nitrogens is 6. The summed E-state index contributed by atoms with van der Waals surface area (Å²) in [6.07, 6.45) is -5.41. The van der Waals surface area contributed by atoms with Gasteiger partial charge in [0.25, 0.3) is 0 Å². The van der Waals surface area contributed by atoms with Crippen molar-refractivity contribution >= 4 is 0 Å². The van der Waals surface area contributed by atoms with Crippen LogP contribution in [0.15, 0.2) is 36.4 Å². The number of pyridine rings is 2. The molecule has 0 unspecified atom stereocenters. The van der Waals surface area contributed by atoms with Crippen LogP contribution in [0.2, 0.25) is 0 Å². The maximum atomic E-state index is 13.7. The normalized spacial score (nSPS) is 15.0. The first kappa shape index (κ1) is 26.1. The third-order valence-electron chi connectivity index (χ3n) is 5.80. The zero-order valence-corrected chi connectivity index (χ0v) is 20.9. The van der Waals surface area contributed by atoms with Gasteiger partial charge in [0.15, 0.2) is 0 Å². The second-order valence-corrected chi connectivity index (χ2v) is 8.58. The quantitative estimate of drug-likeness (QED) is 0.195. The SMILES string of the molecule is CC1(C)c2cccc(n2)-n2[c-]c(c(C(F)(F)F)n2)CCc2[c-]n(nc2C(F)(F)F)-c2cccc1n2.[Pt+2]. The van der Waals surface area contributed by atoms with Gasteiger partial charge in [-0.1, -0.05) is 36.7 Å². The second-order valence-electron chi connectivity index (χ2n) is 8.58. The molecule has 5 rings (SSSR count). The molecule has 0 N–H and O–H groups in total. The zero-order valence-electron chi connectivity index (χ0n) is 18.6. The maximum Gasteiger partial charge on any atom is 2.00 e. The van der Waals surface area contributed by atoms with Gasteiger partial charge in [0.05, 0.1) is 23.0 Å². The van der Waals surface area contributed by atoms with Crippen LogP contribution in [0.25, 0.3) is 11.6 Å². The van der Waals surface area contributed by atoms with Crippen LogP contribution < -0.4 is 0 Å². The molecule has 1 aliphatic heterocycles. The summed E-state index contributed by atoms with van der Waals surface area (Å²) < 4.78 is 84.0. The van der Waals surface area contributed by atoms with Crippen LogP contribution in [0.1, 0.15) is 47.8 Å². The van der Waals surface area contributed by atoms with Crippen molar-refractivity contribution in [1.82, 2.24) is 29.5 Å². The molecule has 8 bridgehead atoms. The van der Waals surface area contributed by atoms with Gasteiger partial charge in [0, 0.05) is 16.8 Å². The van der Waals surface area contributed by atoms with E-state index in [2.05, 4.69) is 32.6 Å². The molecule has 5 heterocycles. The van der Waals surface area contributed by atoms with Crippen molar-refractivity contribution in [2.45, 2.75) is 44.5 Å². The predicted molar refractivity (Wildman–Crippen MR) is 110 cm³/mol. The van der Waals surface area contributed by atoms with E-state index in [-0.39, 0.29) is 43.8 Å². The second kappa shape index (κ2) is 8.83. The van der Waals surface area contributed by atoms with E-state index >= 15 is 0 Å². The summed E-state index contributed by atoms with van der Waals surface area (Å²) in [6.45, 7) is 3.59. The number of hydrogen-bond donors (Lipinski definition) is 0. The molecule has 1 aliphatic rings. The summed E-state index contributed by atoms with van der Waals surface area (Å²) in [5.74, 6) is 0.180. The maximum absolute atomic E-state index is 13.7. The molecule has 0 atom stereocenters. The molecule has 6 nitrogen and oxygen atoms in total. The number of aryl methyl sites for hydroxylation is 2. The largest absolute Gasteiger partial charge is 2.00 e. The van der Waals surface area contributed by atoms with Gasteiger partial charge in [-0.3, -0.25) is 20.2 Å². The van der Waals surface area contributed by atoms with Gasteiger partial charge >= 0.3 is 33.4 Å². The van der Waals surface area contributed by atoms with E-state index in [4.69, 9.17) is 0 Å². The molecule has 0 amide bonds. The third-order valence-corrected chi connectivity index (χ3v) is 5.80. The van der Waals surface area contributed by atoms with Crippen molar-refractivity contribution < 1.29 is 47.4 Å². The molecule has 4 aromatic rings. The smallest absolute Gasteiger partial charge is 0.343 e. The van der Waals surface area contributed by atoms with E-state index in [9.17, 15) is 26.3 Å². The third kappa shape index (κ3) is 4.58. The van der Waals surface area contributed by atoms with Gasteiger partial charge in [-0.25, -0.2) is 0 Å². The van der Waals surface area contributed by atoms with E-state index in [0.717, 1.165) is 9.36 Å². The molecule has 0 saturated heterocycles. The molecule has 0 radical (unpaired) electrons. The van der Waals surface area contributed by atoms with Crippen molar-refractivity contribution in [3.05, 3.63) is 82.7 Å². The van der Waals surface area contributed by atoms with Crippen molar-refractivity contribution in [1.29, 1.82) is 0 Å². The number of rotatable bonds is 0. The molecule has 4 aromatic heterocycles. The van der Waals surface area contributed by atoms with E-state index in [1.165, 1.54) is 12.1 Å². The number of nitrogens with zero attached hydrogens (tertiary/aromatic N) is 6. The molecule has 36 heavy (non-hydrogen) atoms.